The minimum atomic E-state index is -0.645. The summed E-state index contributed by atoms with van der Waals surface area (Å²) in [5.41, 5.74) is 1.64. The number of carbonyl (C=O) groups excluding carboxylic acids is 2. The molecule has 2 amide bonds. The number of halogens is 3. The minimum Gasteiger partial charge on any atom is -0.354 e. The van der Waals surface area contributed by atoms with E-state index in [1.807, 2.05) is 13.0 Å². The van der Waals surface area contributed by atoms with Gasteiger partial charge in [-0.2, -0.15) is 0 Å². The molecule has 0 heterocycles. The zero-order chi connectivity index (χ0) is 22.1. The smallest absolute Gasteiger partial charge is 0.242 e. The number of benzene rings is 2. The van der Waals surface area contributed by atoms with Gasteiger partial charge in [-0.15, -0.1) is 11.8 Å². The van der Waals surface area contributed by atoms with E-state index in [1.165, 1.54) is 28.8 Å². The Morgan fingerprint density at radius 1 is 1.17 bits per heavy atom. The first kappa shape index (κ1) is 24.5. The number of hydrogen-bond donors (Lipinski definition) is 1. The molecule has 0 aromatic heterocycles. The first-order chi connectivity index (χ1) is 14.3. The van der Waals surface area contributed by atoms with E-state index in [-0.39, 0.29) is 29.9 Å². The van der Waals surface area contributed by atoms with Crippen molar-refractivity contribution in [2.45, 2.75) is 38.6 Å². The molecule has 8 heteroatoms. The van der Waals surface area contributed by atoms with Crippen LogP contribution in [0, 0.1) is 5.82 Å². The summed E-state index contributed by atoms with van der Waals surface area (Å²) in [6, 6.07) is 10.5. The molecule has 0 unspecified atom stereocenters. The minimum absolute atomic E-state index is 0.173. The van der Waals surface area contributed by atoms with E-state index in [2.05, 4.69) is 5.32 Å². The molecule has 0 fully saturated rings. The second-order valence-corrected chi connectivity index (χ2v) is 8.67. The highest BCUT2D eigenvalue weighted by molar-refractivity contribution is 7.99. The van der Waals surface area contributed by atoms with Crippen molar-refractivity contribution in [2.24, 2.45) is 0 Å². The topological polar surface area (TPSA) is 49.4 Å². The van der Waals surface area contributed by atoms with E-state index < -0.39 is 6.04 Å². The Morgan fingerprint density at radius 3 is 2.50 bits per heavy atom. The summed E-state index contributed by atoms with van der Waals surface area (Å²) in [7, 11) is 0. The molecular weight excluding hydrogens is 446 g/mol. The number of amides is 2. The van der Waals surface area contributed by atoms with Crippen LogP contribution in [0.4, 0.5) is 4.39 Å². The summed E-state index contributed by atoms with van der Waals surface area (Å²) in [6.07, 6.45) is 0.808. The number of nitrogens with zero attached hydrogens (tertiary/aromatic N) is 1. The molecule has 0 aliphatic rings. The zero-order valence-corrected chi connectivity index (χ0v) is 19.3. The molecule has 1 N–H and O–H groups in total. The molecule has 1 atom stereocenters. The van der Waals surface area contributed by atoms with Crippen LogP contribution in [0.5, 0.6) is 0 Å². The first-order valence-electron chi connectivity index (χ1n) is 9.65. The number of hydrogen-bond acceptors (Lipinski definition) is 3. The largest absolute Gasteiger partial charge is 0.354 e. The lowest BCUT2D eigenvalue weighted by molar-refractivity contribution is -0.138. The molecule has 2 aromatic rings. The van der Waals surface area contributed by atoms with Crippen molar-refractivity contribution < 1.29 is 14.0 Å². The van der Waals surface area contributed by atoms with Crippen molar-refractivity contribution in [1.82, 2.24) is 10.2 Å². The van der Waals surface area contributed by atoms with Crippen LogP contribution >= 0.6 is 35.0 Å². The Bertz CT molecular complexity index is 865. The number of thioether (sulfide) groups is 1. The highest BCUT2D eigenvalue weighted by Gasteiger charge is 2.25. The van der Waals surface area contributed by atoms with Gasteiger partial charge in [0.2, 0.25) is 11.8 Å². The van der Waals surface area contributed by atoms with Crippen molar-refractivity contribution in [3.05, 3.63) is 69.5 Å². The Kier molecular flexibility index (Phi) is 9.95. The van der Waals surface area contributed by atoms with Crippen LogP contribution < -0.4 is 5.32 Å². The van der Waals surface area contributed by atoms with Crippen molar-refractivity contribution >= 4 is 46.8 Å². The lowest BCUT2D eigenvalue weighted by Crippen LogP contribution is -2.48. The SMILES string of the molecule is CCCNC(=O)[C@@H](C)N(Cc1ccc(F)cc1)C(=O)CSCc1ccc(Cl)cc1Cl. The van der Waals surface area contributed by atoms with E-state index in [9.17, 15) is 14.0 Å². The molecule has 0 aliphatic carbocycles. The van der Waals surface area contributed by atoms with Crippen LogP contribution in [0.15, 0.2) is 42.5 Å². The lowest BCUT2D eigenvalue weighted by atomic mass is 10.1. The van der Waals surface area contributed by atoms with Gasteiger partial charge in [-0.1, -0.05) is 48.3 Å². The summed E-state index contributed by atoms with van der Waals surface area (Å²) < 4.78 is 13.2. The van der Waals surface area contributed by atoms with E-state index in [1.54, 1.807) is 31.2 Å². The summed E-state index contributed by atoms with van der Waals surface area (Å²) >= 11 is 13.5. The zero-order valence-electron chi connectivity index (χ0n) is 17.0. The molecule has 0 spiro atoms. The molecule has 30 heavy (non-hydrogen) atoms. The van der Waals surface area contributed by atoms with Gasteiger partial charge in [0.25, 0.3) is 0 Å². The second-order valence-electron chi connectivity index (χ2n) is 6.84. The molecule has 0 aliphatic heterocycles. The van der Waals surface area contributed by atoms with Gasteiger partial charge in [0.15, 0.2) is 0 Å². The molecule has 2 rings (SSSR count). The van der Waals surface area contributed by atoms with E-state index >= 15 is 0 Å². The fourth-order valence-electron chi connectivity index (χ4n) is 2.73. The quantitative estimate of drug-likeness (QED) is 0.511. The van der Waals surface area contributed by atoms with Gasteiger partial charge >= 0.3 is 0 Å². The van der Waals surface area contributed by atoms with Crippen LogP contribution in [0.3, 0.4) is 0 Å². The number of nitrogens with one attached hydrogen (secondary N) is 1. The van der Waals surface area contributed by atoms with Gasteiger partial charge in [0.05, 0.1) is 5.75 Å². The Balaban J connectivity index is 2.06. The molecule has 0 saturated heterocycles. The number of carbonyl (C=O) groups is 2. The molecule has 162 valence electrons. The number of rotatable bonds is 10. The van der Waals surface area contributed by atoms with Crippen LogP contribution in [-0.2, 0) is 21.9 Å². The third-order valence-electron chi connectivity index (χ3n) is 4.48. The van der Waals surface area contributed by atoms with Gasteiger partial charge in [-0.25, -0.2) is 4.39 Å². The van der Waals surface area contributed by atoms with Crippen LogP contribution in [0.1, 0.15) is 31.4 Å². The van der Waals surface area contributed by atoms with Crippen molar-refractivity contribution in [3.8, 4) is 0 Å². The molecule has 4 nitrogen and oxygen atoms in total. The summed E-state index contributed by atoms with van der Waals surface area (Å²) in [4.78, 5) is 26.9. The fraction of sp³-hybridized carbons (Fsp3) is 0.364. The van der Waals surface area contributed by atoms with Crippen LogP contribution in [0.25, 0.3) is 0 Å². The second kappa shape index (κ2) is 12.2. The predicted octanol–water partition coefficient (Wildman–Crippen LogP) is 5.31. The summed E-state index contributed by atoms with van der Waals surface area (Å²) in [5, 5.41) is 3.94. The summed E-state index contributed by atoms with van der Waals surface area (Å²) in [5.74, 6) is 0.000970. The van der Waals surface area contributed by atoms with E-state index in [4.69, 9.17) is 23.2 Å². The van der Waals surface area contributed by atoms with E-state index in [0.29, 0.717) is 22.3 Å². The standard InChI is InChI=1S/C22H25Cl2FN2O2S/c1-3-10-26-22(29)15(2)27(12-16-4-8-19(25)9-5-16)21(28)14-30-13-17-6-7-18(23)11-20(17)24/h4-9,11,15H,3,10,12-14H2,1-2H3,(H,26,29)/t15-/m1/s1. The van der Waals surface area contributed by atoms with Gasteiger partial charge in [0.1, 0.15) is 11.9 Å². The first-order valence-corrected chi connectivity index (χ1v) is 11.6. The third kappa shape index (κ3) is 7.49. The van der Waals surface area contributed by atoms with Gasteiger partial charge in [0, 0.05) is 28.9 Å². The maximum atomic E-state index is 13.2. The molecule has 2 aromatic carbocycles. The monoisotopic (exact) mass is 470 g/mol. The predicted molar refractivity (Wildman–Crippen MR) is 122 cm³/mol. The van der Waals surface area contributed by atoms with Crippen LogP contribution in [-0.4, -0.2) is 35.1 Å². The fourth-order valence-corrected chi connectivity index (χ4v) is 4.20. The van der Waals surface area contributed by atoms with Crippen molar-refractivity contribution in [3.63, 3.8) is 0 Å². The highest BCUT2D eigenvalue weighted by Crippen LogP contribution is 2.25. The van der Waals surface area contributed by atoms with Gasteiger partial charge in [-0.05, 0) is 48.7 Å². The Labute approximate surface area is 191 Å². The third-order valence-corrected chi connectivity index (χ3v) is 6.03. The highest BCUT2D eigenvalue weighted by atomic mass is 35.5. The van der Waals surface area contributed by atoms with Crippen molar-refractivity contribution in [2.75, 3.05) is 12.3 Å². The van der Waals surface area contributed by atoms with E-state index in [0.717, 1.165) is 17.5 Å². The molecular formula is C22H25Cl2FN2O2S. The Hall–Kier alpha value is -1.76. The van der Waals surface area contributed by atoms with Gasteiger partial charge in [-0.3, -0.25) is 9.59 Å². The molecule has 0 saturated carbocycles. The average Bonchev–Trinajstić information content (AvgIpc) is 2.72. The Morgan fingerprint density at radius 2 is 1.87 bits per heavy atom. The summed E-state index contributed by atoms with van der Waals surface area (Å²) in [6.45, 7) is 4.44. The van der Waals surface area contributed by atoms with Gasteiger partial charge < -0.3 is 10.2 Å². The lowest BCUT2D eigenvalue weighted by Gasteiger charge is -2.28. The molecule has 0 radical (unpaired) electrons. The normalized spacial score (nSPS) is 11.8. The van der Waals surface area contributed by atoms with Crippen LogP contribution in [0.2, 0.25) is 10.0 Å². The average molecular weight is 471 g/mol. The van der Waals surface area contributed by atoms with Crippen molar-refractivity contribution in [1.29, 1.82) is 0 Å². The maximum absolute atomic E-state index is 13.2. The molecule has 0 bridgehead atoms. The maximum Gasteiger partial charge on any atom is 0.242 e.